The van der Waals surface area contributed by atoms with E-state index in [0.717, 1.165) is 77.0 Å². The number of phosphoric ester groups is 1. The lowest BCUT2D eigenvalue weighted by molar-refractivity contribution is -0.123. The van der Waals surface area contributed by atoms with Crippen LogP contribution in [0.15, 0.2) is 60.8 Å². The molecule has 260 valence electrons. The quantitative estimate of drug-likeness (QED) is 0.0334. The fourth-order valence-corrected chi connectivity index (χ4v) is 5.10. The fraction of sp³-hybridized carbons (Fsp3) is 0.694. The zero-order valence-electron chi connectivity index (χ0n) is 28.3. The third kappa shape index (κ3) is 30.6. The molecule has 8 nitrogen and oxygen atoms in total. The van der Waals surface area contributed by atoms with Crippen LogP contribution in [-0.2, 0) is 18.4 Å². The number of amides is 1. The van der Waals surface area contributed by atoms with Crippen LogP contribution in [0.5, 0.6) is 0 Å². The van der Waals surface area contributed by atoms with Crippen LogP contribution in [0.1, 0.15) is 129 Å². The minimum absolute atomic E-state index is 0.0665. The van der Waals surface area contributed by atoms with Crippen molar-refractivity contribution in [2.75, 3.05) is 19.8 Å². The average Bonchev–Trinajstić information content (AvgIpc) is 3.02. The van der Waals surface area contributed by atoms with Gasteiger partial charge in [-0.3, -0.25) is 13.8 Å². The Balaban J connectivity index is 4.49. The SMILES string of the molecule is CCCC/C=C\C/C=C\CCCCCCCC(=O)NC(COP(=O)(O)OCCN)C(O)/C=C/CC/C=C/CC/C=C/CCCC. The van der Waals surface area contributed by atoms with E-state index < -0.39 is 20.0 Å². The summed E-state index contributed by atoms with van der Waals surface area (Å²) in [5, 5.41) is 13.5. The number of hydrogen-bond acceptors (Lipinski definition) is 6. The molecular formula is C36H65N2O6P. The molecule has 1 amide bonds. The van der Waals surface area contributed by atoms with Crippen LogP contribution in [-0.4, -0.2) is 47.8 Å². The predicted molar refractivity (Wildman–Crippen MR) is 189 cm³/mol. The maximum atomic E-state index is 12.6. The van der Waals surface area contributed by atoms with Gasteiger partial charge >= 0.3 is 7.82 Å². The van der Waals surface area contributed by atoms with Gasteiger partial charge in [0.2, 0.25) is 5.91 Å². The molecule has 0 aliphatic rings. The van der Waals surface area contributed by atoms with Gasteiger partial charge in [0.25, 0.3) is 0 Å². The summed E-state index contributed by atoms with van der Waals surface area (Å²) in [7, 11) is -4.35. The molecule has 5 N–H and O–H groups in total. The summed E-state index contributed by atoms with van der Waals surface area (Å²) in [4.78, 5) is 22.5. The topological polar surface area (TPSA) is 131 Å². The van der Waals surface area contributed by atoms with Gasteiger partial charge in [0.1, 0.15) is 0 Å². The number of allylic oxidation sites excluding steroid dienone is 9. The second-order valence-electron chi connectivity index (χ2n) is 11.3. The minimum atomic E-state index is -4.35. The zero-order chi connectivity index (χ0) is 33.3. The number of carbonyl (C=O) groups excluding carboxylic acids is 1. The molecule has 0 aromatic carbocycles. The van der Waals surface area contributed by atoms with Gasteiger partial charge in [-0.05, 0) is 64.2 Å². The molecule has 3 unspecified atom stereocenters. The summed E-state index contributed by atoms with van der Waals surface area (Å²) in [5.41, 5.74) is 5.34. The lowest BCUT2D eigenvalue weighted by atomic mass is 10.1. The van der Waals surface area contributed by atoms with E-state index in [2.05, 4.69) is 67.8 Å². The molecular weight excluding hydrogens is 587 g/mol. The first-order valence-corrected chi connectivity index (χ1v) is 18.9. The van der Waals surface area contributed by atoms with E-state index in [0.29, 0.717) is 6.42 Å². The van der Waals surface area contributed by atoms with Crippen LogP contribution in [0.4, 0.5) is 0 Å². The number of phosphoric acid groups is 1. The Hall–Kier alpha value is -1.80. The van der Waals surface area contributed by atoms with Crippen LogP contribution in [0, 0.1) is 0 Å². The molecule has 0 saturated carbocycles. The molecule has 0 aromatic heterocycles. The second-order valence-corrected chi connectivity index (χ2v) is 12.8. The van der Waals surface area contributed by atoms with Crippen LogP contribution >= 0.6 is 7.82 Å². The number of nitrogens with one attached hydrogen (secondary N) is 1. The highest BCUT2D eigenvalue weighted by molar-refractivity contribution is 7.47. The maximum absolute atomic E-state index is 12.6. The number of aliphatic hydroxyl groups excluding tert-OH is 1. The van der Waals surface area contributed by atoms with Gasteiger partial charge in [-0.1, -0.05) is 120 Å². The van der Waals surface area contributed by atoms with Gasteiger partial charge in [0, 0.05) is 13.0 Å². The van der Waals surface area contributed by atoms with Crippen LogP contribution in [0.2, 0.25) is 0 Å². The Labute approximate surface area is 274 Å². The standard InChI is InChI=1S/C36H65N2O6P/c1-3-5-7-9-11-13-15-17-18-20-22-24-26-28-30-36(40)38-34(33-44-45(41,42)43-32-31-37)35(39)29-27-25-23-21-19-16-14-12-10-8-6-4-2/h9-12,15,17,19,21,27,29,34-35,39H,3-8,13-14,16,18,20,22-26,28,30-33,37H2,1-2H3,(H,38,40)(H,41,42)/b11-9-,12-10+,17-15-,21-19+,29-27+. The molecule has 45 heavy (non-hydrogen) atoms. The van der Waals surface area contributed by atoms with Crippen LogP contribution < -0.4 is 11.1 Å². The van der Waals surface area contributed by atoms with Gasteiger partial charge in [-0.25, -0.2) is 4.57 Å². The van der Waals surface area contributed by atoms with E-state index in [9.17, 15) is 19.4 Å². The summed E-state index contributed by atoms with van der Waals surface area (Å²) in [6.07, 6.45) is 38.4. The monoisotopic (exact) mass is 652 g/mol. The highest BCUT2D eigenvalue weighted by Gasteiger charge is 2.26. The van der Waals surface area contributed by atoms with Crippen molar-refractivity contribution in [3.8, 4) is 0 Å². The zero-order valence-corrected chi connectivity index (χ0v) is 29.2. The van der Waals surface area contributed by atoms with Crippen molar-refractivity contribution < 1.29 is 28.4 Å². The smallest absolute Gasteiger partial charge is 0.387 e. The summed E-state index contributed by atoms with van der Waals surface area (Å²) in [6.45, 7) is 3.96. The predicted octanol–water partition coefficient (Wildman–Crippen LogP) is 8.77. The highest BCUT2D eigenvalue weighted by Crippen LogP contribution is 2.43. The molecule has 0 fully saturated rings. The summed E-state index contributed by atoms with van der Waals surface area (Å²) in [6, 6.07) is -0.890. The summed E-state index contributed by atoms with van der Waals surface area (Å²) < 4.78 is 21.9. The van der Waals surface area contributed by atoms with Gasteiger partial charge < -0.3 is 21.1 Å². The number of rotatable bonds is 31. The van der Waals surface area contributed by atoms with E-state index in [-0.39, 0.29) is 25.7 Å². The molecule has 0 saturated heterocycles. The van der Waals surface area contributed by atoms with E-state index >= 15 is 0 Å². The van der Waals surface area contributed by atoms with E-state index in [1.54, 1.807) is 6.08 Å². The first-order chi connectivity index (χ1) is 21.9. The normalized spacial score (nSPS) is 15.2. The van der Waals surface area contributed by atoms with E-state index in [1.165, 1.54) is 32.1 Å². The third-order valence-corrected chi connectivity index (χ3v) is 8.03. The largest absolute Gasteiger partial charge is 0.472 e. The van der Waals surface area contributed by atoms with E-state index in [4.69, 9.17) is 14.8 Å². The van der Waals surface area contributed by atoms with Crippen LogP contribution in [0.3, 0.4) is 0 Å². The molecule has 9 heteroatoms. The van der Waals surface area contributed by atoms with Crippen molar-refractivity contribution >= 4 is 13.7 Å². The number of carbonyl (C=O) groups is 1. The molecule has 0 rings (SSSR count). The Morgan fingerprint density at radius 3 is 1.84 bits per heavy atom. The van der Waals surface area contributed by atoms with Gasteiger partial charge in [0.05, 0.1) is 25.4 Å². The van der Waals surface area contributed by atoms with Crippen molar-refractivity contribution in [1.82, 2.24) is 5.32 Å². The van der Waals surface area contributed by atoms with Gasteiger partial charge in [0.15, 0.2) is 0 Å². The molecule has 0 aromatic rings. The van der Waals surface area contributed by atoms with Crippen molar-refractivity contribution in [2.45, 2.75) is 142 Å². The highest BCUT2D eigenvalue weighted by atomic mass is 31.2. The maximum Gasteiger partial charge on any atom is 0.472 e. The molecule has 0 radical (unpaired) electrons. The molecule has 0 aliphatic heterocycles. The molecule has 0 spiro atoms. The van der Waals surface area contributed by atoms with Crippen molar-refractivity contribution in [2.24, 2.45) is 5.73 Å². The van der Waals surface area contributed by atoms with E-state index in [1.807, 2.05) is 6.08 Å². The lowest BCUT2D eigenvalue weighted by Gasteiger charge is -2.23. The number of unbranched alkanes of at least 4 members (excludes halogenated alkanes) is 11. The molecule has 3 atom stereocenters. The van der Waals surface area contributed by atoms with Gasteiger partial charge in [-0.15, -0.1) is 0 Å². The summed E-state index contributed by atoms with van der Waals surface area (Å²) >= 11 is 0. The number of aliphatic hydroxyl groups is 1. The van der Waals surface area contributed by atoms with Crippen molar-refractivity contribution in [3.05, 3.63) is 60.8 Å². The molecule has 0 bridgehead atoms. The minimum Gasteiger partial charge on any atom is -0.387 e. The fourth-order valence-electron chi connectivity index (χ4n) is 4.34. The summed E-state index contributed by atoms with van der Waals surface area (Å²) in [5.74, 6) is -0.228. The van der Waals surface area contributed by atoms with Crippen LogP contribution in [0.25, 0.3) is 0 Å². The van der Waals surface area contributed by atoms with Crippen molar-refractivity contribution in [1.29, 1.82) is 0 Å². The lowest BCUT2D eigenvalue weighted by Crippen LogP contribution is -2.45. The molecule has 0 aliphatic carbocycles. The average molecular weight is 653 g/mol. The second kappa shape index (κ2) is 32.2. The molecule has 0 heterocycles. The first kappa shape index (κ1) is 43.2. The Morgan fingerprint density at radius 1 is 0.733 bits per heavy atom. The van der Waals surface area contributed by atoms with Crippen molar-refractivity contribution in [3.63, 3.8) is 0 Å². The number of nitrogens with two attached hydrogens (primary N) is 1. The first-order valence-electron chi connectivity index (χ1n) is 17.4. The Bertz CT molecular complexity index is 887. The van der Waals surface area contributed by atoms with Gasteiger partial charge in [-0.2, -0.15) is 0 Å². The Kier molecular flexibility index (Phi) is 30.9. The number of hydrogen-bond donors (Lipinski definition) is 4. The Morgan fingerprint density at radius 2 is 1.24 bits per heavy atom. The third-order valence-electron chi connectivity index (χ3n) is 7.04.